The average molecular weight is 413 g/mol. The third-order valence-electron chi connectivity index (χ3n) is 6.00. The van der Waals surface area contributed by atoms with Crippen molar-refractivity contribution in [2.45, 2.75) is 37.8 Å². The molecule has 3 heterocycles. The van der Waals surface area contributed by atoms with Crippen LogP contribution in [0, 0.1) is 0 Å². The summed E-state index contributed by atoms with van der Waals surface area (Å²) in [6.07, 6.45) is 6.01. The SMILES string of the molecule is NC(=O)c1ccc2sc3ncnc(O[C@H]4CC[C@H](N5CCOCC5)CC4)c3c2c1. The molecule has 0 spiro atoms. The molecule has 2 fully saturated rings. The van der Waals surface area contributed by atoms with Crippen LogP contribution in [-0.2, 0) is 4.74 Å². The summed E-state index contributed by atoms with van der Waals surface area (Å²) in [4.78, 5) is 23.9. The van der Waals surface area contributed by atoms with Crippen molar-refractivity contribution in [3.63, 3.8) is 0 Å². The highest BCUT2D eigenvalue weighted by Crippen LogP contribution is 2.38. The van der Waals surface area contributed by atoms with Crippen LogP contribution in [0.25, 0.3) is 20.3 Å². The highest BCUT2D eigenvalue weighted by molar-refractivity contribution is 7.25. The molecular formula is C21H24N4O3S. The van der Waals surface area contributed by atoms with E-state index in [1.807, 2.05) is 12.1 Å². The number of carbonyl (C=O) groups is 1. The lowest BCUT2D eigenvalue weighted by Gasteiger charge is -2.38. The van der Waals surface area contributed by atoms with Gasteiger partial charge in [-0.05, 0) is 43.9 Å². The Bertz CT molecular complexity index is 1040. The average Bonchev–Trinajstić information content (AvgIpc) is 3.13. The Hall–Kier alpha value is -2.29. The van der Waals surface area contributed by atoms with E-state index in [1.165, 1.54) is 0 Å². The molecule has 1 amide bonds. The molecule has 1 saturated heterocycles. The molecule has 152 valence electrons. The summed E-state index contributed by atoms with van der Waals surface area (Å²) in [6.45, 7) is 3.75. The first kappa shape index (κ1) is 18.7. The third-order valence-corrected chi connectivity index (χ3v) is 7.08. The summed E-state index contributed by atoms with van der Waals surface area (Å²) >= 11 is 1.58. The zero-order chi connectivity index (χ0) is 19.8. The molecule has 1 aliphatic carbocycles. The van der Waals surface area contributed by atoms with E-state index in [9.17, 15) is 4.79 Å². The fourth-order valence-electron chi connectivity index (χ4n) is 4.45. The fraction of sp³-hybridized carbons (Fsp3) is 0.476. The van der Waals surface area contributed by atoms with Crippen LogP contribution >= 0.6 is 11.3 Å². The van der Waals surface area contributed by atoms with Gasteiger partial charge in [0.25, 0.3) is 0 Å². The largest absolute Gasteiger partial charge is 0.474 e. The molecule has 5 rings (SSSR count). The molecule has 1 aliphatic heterocycles. The summed E-state index contributed by atoms with van der Waals surface area (Å²) in [7, 11) is 0. The molecule has 3 aromatic rings. The number of ether oxygens (including phenoxy) is 2. The van der Waals surface area contributed by atoms with Crippen molar-refractivity contribution >= 4 is 37.5 Å². The molecule has 0 bridgehead atoms. The van der Waals surface area contributed by atoms with Gasteiger partial charge in [-0.1, -0.05) is 0 Å². The van der Waals surface area contributed by atoms with Crippen molar-refractivity contribution in [1.82, 2.24) is 14.9 Å². The van der Waals surface area contributed by atoms with Crippen LogP contribution in [0.3, 0.4) is 0 Å². The molecule has 2 aromatic heterocycles. The first-order valence-corrected chi connectivity index (χ1v) is 11.0. The maximum absolute atomic E-state index is 11.6. The number of hydrogen-bond donors (Lipinski definition) is 1. The summed E-state index contributed by atoms with van der Waals surface area (Å²) in [5, 5.41) is 1.81. The molecular weight excluding hydrogens is 388 g/mol. The monoisotopic (exact) mass is 412 g/mol. The van der Waals surface area contributed by atoms with Gasteiger partial charge in [-0.25, -0.2) is 9.97 Å². The minimum atomic E-state index is -0.438. The Labute approximate surface area is 172 Å². The van der Waals surface area contributed by atoms with Crippen LogP contribution in [0.4, 0.5) is 0 Å². The molecule has 0 unspecified atom stereocenters. The van der Waals surface area contributed by atoms with Crippen molar-refractivity contribution in [2.24, 2.45) is 5.73 Å². The first-order valence-electron chi connectivity index (χ1n) is 10.1. The third kappa shape index (κ3) is 3.68. The van der Waals surface area contributed by atoms with Crippen LogP contribution < -0.4 is 10.5 Å². The second-order valence-electron chi connectivity index (χ2n) is 7.73. The second-order valence-corrected chi connectivity index (χ2v) is 8.76. The molecule has 29 heavy (non-hydrogen) atoms. The van der Waals surface area contributed by atoms with Gasteiger partial charge in [0.2, 0.25) is 11.8 Å². The van der Waals surface area contributed by atoms with E-state index in [4.69, 9.17) is 15.2 Å². The standard InChI is InChI=1S/C21H24N4O3S/c22-19(26)13-1-6-17-16(11-13)18-20(23-12-24-21(18)29-17)28-15-4-2-14(3-5-15)25-7-9-27-10-8-25/h1,6,11-12,14-15H,2-5,7-10H2,(H2,22,26)/t14-,15-. The molecule has 0 atom stereocenters. The van der Waals surface area contributed by atoms with E-state index in [2.05, 4.69) is 14.9 Å². The van der Waals surface area contributed by atoms with E-state index >= 15 is 0 Å². The van der Waals surface area contributed by atoms with Crippen LogP contribution in [0.5, 0.6) is 5.88 Å². The van der Waals surface area contributed by atoms with Crippen LogP contribution in [0.15, 0.2) is 24.5 Å². The molecule has 0 radical (unpaired) electrons. The lowest BCUT2D eigenvalue weighted by molar-refractivity contribution is -0.00125. The van der Waals surface area contributed by atoms with Crippen LogP contribution in [-0.4, -0.2) is 59.2 Å². The summed E-state index contributed by atoms with van der Waals surface area (Å²) in [6, 6.07) is 6.12. The van der Waals surface area contributed by atoms with Gasteiger partial charge in [-0.3, -0.25) is 9.69 Å². The molecule has 2 aliphatic rings. The zero-order valence-corrected chi connectivity index (χ0v) is 17.0. The number of aromatic nitrogens is 2. The molecule has 1 aromatic carbocycles. The van der Waals surface area contributed by atoms with Crippen LogP contribution in [0.2, 0.25) is 0 Å². The maximum Gasteiger partial charge on any atom is 0.248 e. The number of nitrogens with two attached hydrogens (primary N) is 1. The number of rotatable bonds is 4. The Balaban J connectivity index is 1.37. The highest BCUT2D eigenvalue weighted by atomic mass is 32.1. The minimum absolute atomic E-state index is 0.152. The minimum Gasteiger partial charge on any atom is -0.474 e. The van der Waals surface area contributed by atoms with E-state index in [1.54, 1.807) is 23.7 Å². The smallest absolute Gasteiger partial charge is 0.248 e. The van der Waals surface area contributed by atoms with E-state index in [0.717, 1.165) is 72.3 Å². The Morgan fingerprint density at radius 2 is 1.97 bits per heavy atom. The predicted octanol–water partition coefficient (Wildman–Crippen LogP) is 2.97. The number of primary amides is 1. The number of morpholine rings is 1. The van der Waals surface area contributed by atoms with Gasteiger partial charge in [0, 0.05) is 34.8 Å². The van der Waals surface area contributed by atoms with Gasteiger partial charge < -0.3 is 15.2 Å². The number of benzene rings is 1. The van der Waals surface area contributed by atoms with Gasteiger partial charge in [0.15, 0.2) is 0 Å². The number of nitrogens with zero attached hydrogens (tertiary/aromatic N) is 3. The van der Waals surface area contributed by atoms with Gasteiger partial charge >= 0.3 is 0 Å². The Morgan fingerprint density at radius 1 is 1.17 bits per heavy atom. The van der Waals surface area contributed by atoms with Crippen molar-refractivity contribution in [2.75, 3.05) is 26.3 Å². The predicted molar refractivity (Wildman–Crippen MR) is 113 cm³/mol. The van der Waals surface area contributed by atoms with E-state index in [0.29, 0.717) is 17.5 Å². The first-order chi connectivity index (χ1) is 14.2. The number of fused-ring (bicyclic) bond motifs is 3. The van der Waals surface area contributed by atoms with E-state index < -0.39 is 5.91 Å². The zero-order valence-electron chi connectivity index (χ0n) is 16.2. The van der Waals surface area contributed by atoms with Gasteiger partial charge in [0.1, 0.15) is 17.3 Å². The Kier molecular flexibility index (Phi) is 5.07. The number of thiophene rings is 1. The molecule has 1 saturated carbocycles. The second kappa shape index (κ2) is 7.85. The number of amides is 1. The summed E-state index contributed by atoms with van der Waals surface area (Å²) < 4.78 is 12.9. The topological polar surface area (TPSA) is 90.6 Å². The van der Waals surface area contributed by atoms with Crippen molar-refractivity contribution < 1.29 is 14.3 Å². The summed E-state index contributed by atoms with van der Waals surface area (Å²) in [5.74, 6) is 0.171. The fourth-order valence-corrected chi connectivity index (χ4v) is 5.47. The number of carbonyl (C=O) groups excluding carboxylic acids is 1. The number of hydrogen-bond acceptors (Lipinski definition) is 7. The normalized spacial score (nSPS) is 23.4. The quantitative estimate of drug-likeness (QED) is 0.708. The van der Waals surface area contributed by atoms with Gasteiger partial charge in [0.05, 0.1) is 18.6 Å². The lowest BCUT2D eigenvalue weighted by atomic mass is 9.91. The van der Waals surface area contributed by atoms with Gasteiger partial charge in [-0.15, -0.1) is 11.3 Å². The van der Waals surface area contributed by atoms with Crippen LogP contribution in [0.1, 0.15) is 36.0 Å². The van der Waals surface area contributed by atoms with Crippen molar-refractivity contribution in [1.29, 1.82) is 0 Å². The molecule has 2 N–H and O–H groups in total. The Morgan fingerprint density at radius 3 is 2.72 bits per heavy atom. The molecule has 7 nitrogen and oxygen atoms in total. The van der Waals surface area contributed by atoms with Gasteiger partial charge in [-0.2, -0.15) is 0 Å². The van der Waals surface area contributed by atoms with Crippen molar-refractivity contribution in [3.05, 3.63) is 30.1 Å². The molecule has 8 heteroatoms. The lowest BCUT2D eigenvalue weighted by Crippen LogP contribution is -2.46. The highest BCUT2D eigenvalue weighted by Gasteiger charge is 2.28. The van der Waals surface area contributed by atoms with E-state index in [-0.39, 0.29) is 6.10 Å². The maximum atomic E-state index is 11.6. The summed E-state index contributed by atoms with van der Waals surface area (Å²) in [5.41, 5.74) is 5.95. The van der Waals surface area contributed by atoms with Crippen molar-refractivity contribution in [3.8, 4) is 5.88 Å².